The summed E-state index contributed by atoms with van der Waals surface area (Å²) in [4.78, 5) is 32.3. The summed E-state index contributed by atoms with van der Waals surface area (Å²) < 4.78 is 0. The molecule has 29 heavy (non-hydrogen) atoms. The van der Waals surface area contributed by atoms with E-state index >= 15 is 0 Å². The molecule has 1 N–H and O–H groups in total. The molecule has 3 aromatic rings. The molecule has 0 spiro atoms. The molecule has 0 bridgehead atoms. The number of anilines is 1. The molecule has 0 radical (unpaired) electrons. The number of benzene rings is 2. The van der Waals surface area contributed by atoms with Gasteiger partial charge in [-0.2, -0.15) is 0 Å². The monoisotopic (exact) mass is 427 g/mol. The number of fused-ring (bicyclic) bond motifs is 1. The Balaban J connectivity index is 1.60. The molecule has 2 aromatic carbocycles. The van der Waals surface area contributed by atoms with Crippen LogP contribution in [0.5, 0.6) is 0 Å². The van der Waals surface area contributed by atoms with Crippen molar-refractivity contribution in [1.82, 2.24) is 9.88 Å². The predicted molar refractivity (Wildman–Crippen MR) is 116 cm³/mol. The molecule has 2 heterocycles. The Hall–Kier alpha value is -2.63. The fourth-order valence-corrected chi connectivity index (χ4v) is 3.98. The summed E-state index contributed by atoms with van der Waals surface area (Å²) >= 11 is 12.0. The molecule has 1 saturated heterocycles. The van der Waals surface area contributed by atoms with E-state index in [0.717, 1.165) is 23.7 Å². The third kappa shape index (κ3) is 4.07. The number of hydrogen-bond donors (Lipinski definition) is 1. The van der Waals surface area contributed by atoms with Crippen molar-refractivity contribution in [3.63, 3.8) is 0 Å². The van der Waals surface area contributed by atoms with Gasteiger partial charge in [-0.05, 0) is 49.6 Å². The Labute approximate surface area is 178 Å². The van der Waals surface area contributed by atoms with Crippen LogP contribution in [0.4, 0.5) is 5.69 Å². The van der Waals surface area contributed by atoms with E-state index < -0.39 is 6.04 Å². The molecule has 7 heteroatoms. The summed E-state index contributed by atoms with van der Waals surface area (Å²) in [6.45, 7) is 0.537. The van der Waals surface area contributed by atoms with Crippen molar-refractivity contribution >= 4 is 51.6 Å². The number of pyridine rings is 1. The number of nitrogens with zero attached hydrogens (tertiary/aromatic N) is 2. The van der Waals surface area contributed by atoms with Gasteiger partial charge in [0.05, 0.1) is 21.1 Å². The molecule has 1 aromatic heterocycles. The number of carbonyl (C=O) groups is 2. The standard InChI is InChI=1S/C22H19Cl2N3O2/c23-17-9-8-14(13-18(17)24)26-21(28)20-7-3-4-12-27(20)22(29)16-10-11-25-19-6-2-1-5-15(16)19/h1-2,5-6,8-11,13,20H,3-4,7,12H2,(H,26,28). The first kappa shape index (κ1) is 19.7. The lowest BCUT2D eigenvalue weighted by atomic mass is 9.99. The van der Waals surface area contributed by atoms with Crippen LogP contribution in [0.2, 0.25) is 10.0 Å². The van der Waals surface area contributed by atoms with Gasteiger partial charge < -0.3 is 10.2 Å². The van der Waals surface area contributed by atoms with Gasteiger partial charge in [-0.15, -0.1) is 0 Å². The molecule has 1 fully saturated rings. The van der Waals surface area contributed by atoms with Gasteiger partial charge in [0.1, 0.15) is 6.04 Å². The van der Waals surface area contributed by atoms with Gasteiger partial charge >= 0.3 is 0 Å². The largest absolute Gasteiger partial charge is 0.327 e. The Morgan fingerprint density at radius 1 is 1.03 bits per heavy atom. The average molecular weight is 428 g/mol. The zero-order chi connectivity index (χ0) is 20.4. The highest BCUT2D eigenvalue weighted by atomic mass is 35.5. The van der Waals surface area contributed by atoms with Gasteiger partial charge in [0, 0.05) is 23.8 Å². The summed E-state index contributed by atoms with van der Waals surface area (Å²) in [6, 6.07) is 13.6. The molecule has 5 nitrogen and oxygen atoms in total. The van der Waals surface area contributed by atoms with Gasteiger partial charge in [0.15, 0.2) is 0 Å². The van der Waals surface area contributed by atoms with E-state index in [-0.39, 0.29) is 11.8 Å². The third-order valence-electron chi connectivity index (χ3n) is 5.13. The van der Waals surface area contributed by atoms with Gasteiger partial charge in [-0.25, -0.2) is 0 Å². The number of rotatable bonds is 3. The van der Waals surface area contributed by atoms with E-state index in [0.29, 0.717) is 34.3 Å². The van der Waals surface area contributed by atoms with E-state index in [1.165, 1.54) is 0 Å². The number of nitrogens with one attached hydrogen (secondary N) is 1. The molecule has 1 atom stereocenters. The second-order valence-electron chi connectivity index (χ2n) is 7.00. The molecule has 1 aliphatic rings. The van der Waals surface area contributed by atoms with Crippen LogP contribution in [0.3, 0.4) is 0 Å². The number of piperidine rings is 1. The fraction of sp³-hybridized carbons (Fsp3) is 0.227. The Kier molecular flexibility index (Phi) is 5.69. The first-order valence-electron chi connectivity index (χ1n) is 9.45. The van der Waals surface area contributed by atoms with Gasteiger partial charge in [0.25, 0.3) is 5.91 Å². The summed E-state index contributed by atoms with van der Waals surface area (Å²) in [5.41, 5.74) is 1.87. The van der Waals surface area contributed by atoms with Crippen LogP contribution in [0, 0.1) is 0 Å². The Bertz CT molecular complexity index is 1080. The van der Waals surface area contributed by atoms with Crippen molar-refractivity contribution in [1.29, 1.82) is 0 Å². The van der Waals surface area contributed by atoms with Crippen LogP contribution in [-0.2, 0) is 4.79 Å². The van der Waals surface area contributed by atoms with Gasteiger partial charge in [-0.1, -0.05) is 41.4 Å². The normalized spacial score (nSPS) is 16.6. The molecule has 0 saturated carbocycles. The number of hydrogen-bond acceptors (Lipinski definition) is 3. The average Bonchev–Trinajstić information content (AvgIpc) is 2.75. The number of carbonyl (C=O) groups excluding carboxylic acids is 2. The lowest BCUT2D eigenvalue weighted by molar-refractivity contribution is -0.121. The molecule has 1 aliphatic heterocycles. The minimum Gasteiger partial charge on any atom is -0.327 e. The van der Waals surface area contributed by atoms with Crippen LogP contribution in [-0.4, -0.2) is 34.3 Å². The summed E-state index contributed by atoms with van der Waals surface area (Å²) in [7, 11) is 0. The third-order valence-corrected chi connectivity index (χ3v) is 5.87. The van der Waals surface area contributed by atoms with Crippen molar-refractivity contribution in [2.24, 2.45) is 0 Å². The maximum absolute atomic E-state index is 13.4. The summed E-state index contributed by atoms with van der Waals surface area (Å²) in [5.74, 6) is -0.382. The quantitative estimate of drug-likeness (QED) is 0.626. The predicted octanol–water partition coefficient (Wildman–Crippen LogP) is 5.18. The minimum atomic E-state index is -0.544. The number of halogens is 2. The zero-order valence-corrected chi connectivity index (χ0v) is 17.1. The van der Waals surface area contributed by atoms with Crippen molar-refractivity contribution in [3.05, 3.63) is 70.3 Å². The van der Waals surface area contributed by atoms with Crippen molar-refractivity contribution in [2.45, 2.75) is 25.3 Å². The Morgan fingerprint density at radius 2 is 1.86 bits per heavy atom. The summed E-state index contributed by atoms with van der Waals surface area (Å²) in [5, 5.41) is 4.44. The molecule has 4 rings (SSSR count). The number of aromatic nitrogens is 1. The zero-order valence-electron chi connectivity index (χ0n) is 15.6. The number of likely N-dealkylation sites (tertiary alicyclic amines) is 1. The lowest BCUT2D eigenvalue weighted by Crippen LogP contribution is -2.50. The first-order chi connectivity index (χ1) is 14.0. The molecule has 2 amide bonds. The minimum absolute atomic E-state index is 0.155. The second-order valence-corrected chi connectivity index (χ2v) is 7.82. The van der Waals surface area contributed by atoms with E-state index in [4.69, 9.17) is 23.2 Å². The first-order valence-corrected chi connectivity index (χ1v) is 10.2. The lowest BCUT2D eigenvalue weighted by Gasteiger charge is -2.35. The van der Waals surface area contributed by atoms with Gasteiger partial charge in [0.2, 0.25) is 5.91 Å². The van der Waals surface area contributed by atoms with Crippen molar-refractivity contribution < 1.29 is 9.59 Å². The molecule has 148 valence electrons. The smallest absolute Gasteiger partial charge is 0.255 e. The van der Waals surface area contributed by atoms with Crippen LogP contribution in [0.25, 0.3) is 10.9 Å². The SMILES string of the molecule is O=C(Nc1ccc(Cl)c(Cl)c1)C1CCCCN1C(=O)c1ccnc2ccccc12. The van der Waals surface area contributed by atoms with E-state index in [9.17, 15) is 9.59 Å². The number of para-hydroxylation sites is 1. The second kappa shape index (κ2) is 8.39. The highest BCUT2D eigenvalue weighted by Gasteiger charge is 2.33. The van der Waals surface area contributed by atoms with Crippen LogP contribution >= 0.6 is 23.2 Å². The molecule has 1 unspecified atom stereocenters. The Morgan fingerprint density at radius 3 is 2.69 bits per heavy atom. The maximum Gasteiger partial charge on any atom is 0.255 e. The van der Waals surface area contributed by atoms with E-state index in [2.05, 4.69) is 10.3 Å². The number of amides is 2. The topological polar surface area (TPSA) is 62.3 Å². The van der Waals surface area contributed by atoms with Gasteiger partial charge in [-0.3, -0.25) is 14.6 Å². The van der Waals surface area contributed by atoms with E-state index in [1.807, 2.05) is 24.3 Å². The van der Waals surface area contributed by atoms with E-state index in [1.54, 1.807) is 35.4 Å². The highest BCUT2D eigenvalue weighted by molar-refractivity contribution is 6.42. The van der Waals surface area contributed by atoms with Crippen LogP contribution in [0.15, 0.2) is 54.7 Å². The molecule has 0 aliphatic carbocycles. The highest BCUT2D eigenvalue weighted by Crippen LogP contribution is 2.27. The fourth-order valence-electron chi connectivity index (χ4n) is 3.68. The molecular formula is C22H19Cl2N3O2. The maximum atomic E-state index is 13.4. The van der Waals surface area contributed by atoms with Crippen molar-refractivity contribution in [2.75, 3.05) is 11.9 Å². The van der Waals surface area contributed by atoms with Crippen molar-refractivity contribution in [3.8, 4) is 0 Å². The molecular weight excluding hydrogens is 409 g/mol. The summed E-state index contributed by atoms with van der Waals surface area (Å²) in [6.07, 6.45) is 4.00. The van der Waals surface area contributed by atoms with Crippen LogP contribution < -0.4 is 5.32 Å². The van der Waals surface area contributed by atoms with Crippen LogP contribution in [0.1, 0.15) is 29.6 Å².